The van der Waals surface area contributed by atoms with Crippen molar-refractivity contribution in [3.05, 3.63) is 65.7 Å². The molecule has 1 fully saturated rings. The van der Waals surface area contributed by atoms with Crippen molar-refractivity contribution in [1.29, 1.82) is 0 Å². The van der Waals surface area contributed by atoms with E-state index in [1.807, 2.05) is 30.3 Å². The quantitative estimate of drug-likeness (QED) is 0.830. The van der Waals surface area contributed by atoms with Crippen LogP contribution in [0.5, 0.6) is 0 Å². The van der Waals surface area contributed by atoms with E-state index in [1.54, 1.807) is 11.8 Å². The van der Waals surface area contributed by atoms with Crippen LogP contribution in [-0.2, 0) is 4.79 Å². The van der Waals surface area contributed by atoms with Crippen molar-refractivity contribution in [1.82, 2.24) is 10.2 Å². The zero-order valence-electron chi connectivity index (χ0n) is 15.6. The normalized spacial score (nSPS) is 15.8. The van der Waals surface area contributed by atoms with E-state index >= 15 is 0 Å². The molecule has 3 amide bonds. The third-order valence-electron chi connectivity index (χ3n) is 4.97. The predicted molar refractivity (Wildman–Crippen MR) is 103 cm³/mol. The topological polar surface area (TPSA) is 61.4 Å². The molecule has 0 unspecified atom stereocenters. The number of halogens is 2. The van der Waals surface area contributed by atoms with Crippen LogP contribution in [0, 0.1) is 17.6 Å². The van der Waals surface area contributed by atoms with E-state index in [4.69, 9.17) is 0 Å². The van der Waals surface area contributed by atoms with Crippen molar-refractivity contribution >= 4 is 17.6 Å². The fourth-order valence-corrected chi connectivity index (χ4v) is 3.33. The molecule has 1 atom stereocenters. The predicted octanol–water partition coefficient (Wildman–Crippen LogP) is 4.09. The maximum atomic E-state index is 13.9. The van der Waals surface area contributed by atoms with Gasteiger partial charge >= 0.3 is 6.03 Å². The highest BCUT2D eigenvalue weighted by Gasteiger charge is 2.28. The first kappa shape index (κ1) is 19.8. The van der Waals surface area contributed by atoms with Gasteiger partial charge in [0.15, 0.2) is 0 Å². The van der Waals surface area contributed by atoms with Crippen molar-refractivity contribution in [2.45, 2.75) is 25.8 Å². The second kappa shape index (κ2) is 8.82. The molecule has 1 aliphatic heterocycles. The molecule has 2 aromatic rings. The fourth-order valence-electron chi connectivity index (χ4n) is 3.33. The van der Waals surface area contributed by atoms with E-state index in [0.29, 0.717) is 25.9 Å². The Morgan fingerprint density at radius 2 is 1.75 bits per heavy atom. The van der Waals surface area contributed by atoms with Crippen LogP contribution in [0.1, 0.15) is 31.4 Å². The highest BCUT2D eigenvalue weighted by Crippen LogP contribution is 2.22. The van der Waals surface area contributed by atoms with Gasteiger partial charge < -0.3 is 15.5 Å². The van der Waals surface area contributed by atoms with Gasteiger partial charge in [0, 0.05) is 36.3 Å². The Labute approximate surface area is 162 Å². The molecule has 3 rings (SSSR count). The third-order valence-corrected chi connectivity index (χ3v) is 4.97. The van der Waals surface area contributed by atoms with Crippen molar-refractivity contribution in [2.75, 3.05) is 18.4 Å². The Bertz CT molecular complexity index is 837. The number of hydrogen-bond acceptors (Lipinski definition) is 2. The number of carbonyl (C=O) groups excluding carboxylic acids is 2. The van der Waals surface area contributed by atoms with Gasteiger partial charge in [-0.25, -0.2) is 13.6 Å². The Morgan fingerprint density at radius 1 is 1.07 bits per heavy atom. The van der Waals surface area contributed by atoms with Crippen molar-refractivity contribution < 1.29 is 18.4 Å². The van der Waals surface area contributed by atoms with E-state index in [1.165, 1.54) is 12.1 Å². The van der Waals surface area contributed by atoms with Crippen molar-refractivity contribution in [2.24, 2.45) is 5.92 Å². The smallest absolute Gasteiger partial charge is 0.321 e. The molecule has 28 heavy (non-hydrogen) atoms. The number of piperidine rings is 1. The van der Waals surface area contributed by atoms with Gasteiger partial charge in [-0.2, -0.15) is 0 Å². The Morgan fingerprint density at radius 3 is 2.39 bits per heavy atom. The fraction of sp³-hybridized carbons (Fsp3) is 0.333. The lowest BCUT2D eigenvalue weighted by Crippen LogP contribution is -2.45. The van der Waals surface area contributed by atoms with Crippen LogP contribution in [0.25, 0.3) is 0 Å². The van der Waals surface area contributed by atoms with Gasteiger partial charge in [-0.15, -0.1) is 0 Å². The Kier molecular flexibility index (Phi) is 6.23. The maximum Gasteiger partial charge on any atom is 0.321 e. The second-order valence-corrected chi connectivity index (χ2v) is 6.95. The molecular weight excluding hydrogens is 364 g/mol. The highest BCUT2D eigenvalue weighted by atomic mass is 19.1. The lowest BCUT2D eigenvalue weighted by Gasteiger charge is -2.32. The molecule has 0 aromatic heterocycles. The largest absolute Gasteiger partial charge is 0.349 e. The number of hydrogen-bond donors (Lipinski definition) is 2. The molecule has 0 radical (unpaired) electrons. The minimum Gasteiger partial charge on any atom is -0.349 e. The maximum absolute atomic E-state index is 13.9. The van der Waals surface area contributed by atoms with Crippen LogP contribution in [0.3, 0.4) is 0 Å². The van der Waals surface area contributed by atoms with Crippen molar-refractivity contribution in [3.8, 4) is 0 Å². The molecule has 148 valence electrons. The van der Waals surface area contributed by atoms with E-state index in [2.05, 4.69) is 10.6 Å². The number of benzene rings is 2. The molecule has 7 heteroatoms. The number of amides is 3. The second-order valence-electron chi connectivity index (χ2n) is 6.95. The first-order valence-corrected chi connectivity index (χ1v) is 9.30. The van der Waals surface area contributed by atoms with Gasteiger partial charge in [0.25, 0.3) is 0 Å². The van der Waals surface area contributed by atoms with Crippen LogP contribution in [0.2, 0.25) is 0 Å². The summed E-state index contributed by atoms with van der Waals surface area (Å²) in [6.07, 6.45) is 1.07. The third kappa shape index (κ3) is 4.85. The molecule has 1 aliphatic rings. The van der Waals surface area contributed by atoms with Crippen molar-refractivity contribution in [3.63, 3.8) is 0 Å². The Balaban J connectivity index is 1.50. The number of para-hydroxylation sites is 1. The molecule has 1 heterocycles. The summed E-state index contributed by atoms with van der Waals surface area (Å²) >= 11 is 0. The number of anilines is 1. The molecule has 0 saturated carbocycles. The summed E-state index contributed by atoms with van der Waals surface area (Å²) in [5, 5.41) is 5.62. The van der Waals surface area contributed by atoms with Gasteiger partial charge in [0.1, 0.15) is 11.6 Å². The molecule has 5 nitrogen and oxygen atoms in total. The molecular formula is C21H23F2N3O2. The number of nitrogens with one attached hydrogen (secondary N) is 2. The van der Waals surface area contributed by atoms with E-state index in [0.717, 1.165) is 11.8 Å². The van der Waals surface area contributed by atoms with E-state index in [9.17, 15) is 18.4 Å². The van der Waals surface area contributed by atoms with Gasteiger partial charge in [0.05, 0.1) is 6.04 Å². The molecule has 0 bridgehead atoms. The molecule has 2 N–H and O–H groups in total. The number of carbonyl (C=O) groups is 2. The van der Waals surface area contributed by atoms with Crippen LogP contribution in [0.4, 0.5) is 19.3 Å². The summed E-state index contributed by atoms with van der Waals surface area (Å²) < 4.78 is 26.9. The van der Waals surface area contributed by atoms with Crippen LogP contribution < -0.4 is 10.6 Å². The first-order chi connectivity index (χ1) is 13.4. The minimum atomic E-state index is -0.680. The summed E-state index contributed by atoms with van der Waals surface area (Å²) in [7, 11) is 0. The van der Waals surface area contributed by atoms with Gasteiger partial charge in [-0.3, -0.25) is 4.79 Å². The molecule has 0 spiro atoms. The minimum absolute atomic E-state index is 0.181. The summed E-state index contributed by atoms with van der Waals surface area (Å²) in [5.74, 6) is -1.76. The molecule has 0 aliphatic carbocycles. The first-order valence-electron chi connectivity index (χ1n) is 9.30. The van der Waals surface area contributed by atoms with Gasteiger partial charge in [-0.05, 0) is 38.0 Å². The van der Waals surface area contributed by atoms with Gasteiger partial charge in [0.2, 0.25) is 5.91 Å². The number of likely N-dealkylation sites (tertiary alicyclic amines) is 1. The SMILES string of the molecule is C[C@H](NC(=O)C1CCN(C(=O)Nc2ccccc2)CC1)c1ccc(F)cc1F. The molecule has 1 saturated heterocycles. The van der Waals surface area contributed by atoms with Crippen LogP contribution in [-0.4, -0.2) is 29.9 Å². The van der Waals surface area contributed by atoms with Crippen LogP contribution >= 0.6 is 0 Å². The number of nitrogens with zero attached hydrogens (tertiary/aromatic N) is 1. The number of urea groups is 1. The Hall–Kier alpha value is -2.96. The van der Waals surface area contributed by atoms with Gasteiger partial charge in [-0.1, -0.05) is 24.3 Å². The lowest BCUT2D eigenvalue weighted by molar-refractivity contribution is -0.126. The summed E-state index contributed by atoms with van der Waals surface area (Å²) in [6, 6.07) is 11.8. The zero-order chi connectivity index (χ0) is 20.1. The molecule has 2 aromatic carbocycles. The number of rotatable bonds is 4. The average Bonchev–Trinajstić information content (AvgIpc) is 2.68. The lowest BCUT2D eigenvalue weighted by atomic mass is 9.95. The summed E-state index contributed by atoms with van der Waals surface area (Å²) in [4.78, 5) is 26.5. The average molecular weight is 387 g/mol. The van der Waals surface area contributed by atoms with Crippen LogP contribution in [0.15, 0.2) is 48.5 Å². The summed E-state index contributed by atoms with van der Waals surface area (Å²) in [5.41, 5.74) is 0.969. The monoisotopic (exact) mass is 387 g/mol. The highest BCUT2D eigenvalue weighted by molar-refractivity contribution is 5.89. The van der Waals surface area contributed by atoms with E-state index < -0.39 is 17.7 Å². The summed E-state index contributed by atoms with van der Waals surface area (Å²) in [6.45, 7) is 2.60. The standard InChI is InChI=1S/C21H23F2N3O2/c1-14(18-8-7-16(22)13-19(18)23)24-20(27)15-9-11-26(12-10-15)21(28)25-17-5-3-2-4-6-17/h2-8,13-15H,9-12H2,1H3,(H,24,27)(H,25,28)/t14-/m0/s1. The zero-order valence-corrected chi connectivity index (χ0v) is 15.6. The van der Waals surface area contributed by atoms with E-state index in [-0.39, 0.29) is 23.4 Å².